The van der Waals surface area contributed by atoms with Gasteiger partial charge in [-0.2, -0.15) is 12.8 Å². The Morgan fingerprint density at radius 2 is 1.75 bits per heavy atom. The van der Waals surface area contributed by atoms with Gasteiger partial charge in [-0.1, -0.05) is 51.1 Å². The fraction of sp³-hybridized carbons (Fsp3) is 0.267. The van der Waals surface area contributed by atoms with E-state index < -0.39 is 10.0 Å². The van der Waals surface area contributed by atoms with Crippen molar-refractivity contribution < 1.29 is 8.42 Å². The summed E-state index contributed by atoms with van der Waals surface area (Å²) < 4.78 is 27.8. The lowest BCUT2D eigenvalue weighted by atomic mass is 9.87. The van der Waals surface area contributed by atoms with Gasteiger partial charge in [0.1, 0.15) is 4.21 Å². The molecule has 0 N–H and O–H groups in total. The van der Waals surface area contributed by atoms with Crippen LogP contribution in [-0.4, -0.2) is 14.6 Å². The highest BCUT2D eigenvalue weighted by Gasteiger charge is 2.14. The molecule has 0 fully saturated rings. The molecule has 0 bridgehead atoms. The van der Waals surface area contributed by atoms with E-state index in [1.54, 1.807) is 17.5 Å². The molecular formula is C15H17NO2S2. The summed E-state index contributed by atoms with van der Waals surface area (Å²) in [5.41, 5.74) is 2.06. The van der Waals surface area contributed by atoms with Crippen LogP contribution in [0.1, 0.15) is 31.9 Å². The molecule has 0 spiro atoms. The van der Waals surface area contributed by atoms with Gasteiger partial charge in [0.15, 0.2) is 0 Å². The topological polar surface area (TPSA) is 46.5 Å². The van der Waals surface area contributed by atoms with E-state index in [0.717, 1.165) is 5.56 Å². The molecule has 0 aliphatic rings. The molecule has 1 heterocycles. The molecule has 5 heteroatoms. The third-order valence-electron chi connectivity index (χ3n) is 2.87. The van der Waals surface area contributed by atoms with Crippen molar-refractivity contribution >= 4 is 27.6 Å². The third-order valence-corrected chi connectivity index (χ3v) is 5.48. The van der Waals surface area contributed by atoms with Gasteiger partial charge >= 0.3 is 0 Å². The van der Waals surface area contributed by atoms with Crippen LogP contribution < -0.4 is 0 Å². The van der Waals surface area contributed by atoms with Crippen molar-refractivity contribution in [1.82, 2.24) is 0 Å². The molecule has 20 heavy (non-hydrogen) atoms. The summed E-state index contributed by atoms with van der Waals surface area (Å²) in [4.78, 5) is 0. The first-order chi connectivity index (χ1) is 9.29. The first-order valence-corrected chi connectivity index (χ1v) is 8.55. The van der Waals surface area contributed by atoms with Gasteiger partial charge in [0.2, 0.25) is 0 Å². The Kier molecular flexibility index (Phi) is 4.11. The molecule has 0 aliphatic heterocycles. The number of nitrogens with zero attached hydrogens (tertiary/aromatic N) is 1. The lowest BCUT2D eigenvalue weighted by molar-refractivity contribution is 0.590. The summed E-state index contributed by atoms with van der Waals surface area (Å²) in [6.07, 6.45) is 1.39. The Balaban J connectivity index is 2.21. The monoisotopic (exact) mass is 307 g/mol. The molecule has 0 aliphatic carbocycles. The van der Waals surface area contributed by atoms with Crippen LogP contribution in [0.5, 0.6) is 0 Å². The molecule has 0 saturated carbocycles. The maximum atomic E-state index is 11.9. The summed E-state index contributed by atoms with van der Waals surface area (Å²) in [6, 6.07) is 11.0. The highest BCUT2D eigenvalue weighted by Crippen LogP contribution is 2.22. The molecule has 1 aromatic heterocycles. The maximum absolute atomic E-state index is 11.9. The number of rotatable bonds is 3. The number of hydrogen-bond acceptors (Lipinski definition) is 3. The van der Waals surface area contributed by atoms with Gasteiger partial charge in [-0.25, -0.2) is 0 Å². The van der Waals surface area contributed by atoms with Crippen molar-refractivity contribution in [1.29, 1.82) is 0 Å². The molecule has 2 aromatic rings. The molecule has 0 amide bonds. The average Bonchev–Trinajstić information content (AvgIpc) is 2.90. The summed E-state index contributed by atoms with van der Waals surface area (Å²) in [5, 5.41) is 1.72. The number of hydrogen-bond donors (Lipinski definition) is 0. The van der Waals surface area contributed by atoms with Crippen LogP contribution in [0.2, 0.25) is 0 Å². The maximum Gasteiger partial charge on any atom is 0.291 e. The van der Waals surface area contributed by atoms with Crippen LogP contribution in [0.15, 0.2) is 50.4 Å². The van der Waals surface area contributed by atoms with Gasteiger partial charge < -0.3 is 0 Å². The Labute approximate surface area is 124 Å². The Morgan fingerprint density at radius 1 is 1.10 bits per heavy atom. The number of benzene rings is 1. The predicted molar refractivity (Wildman–Crippen MR) is 84.2 cm³/mol. The zero-order valence-electron chi connectivity index (χ0n) is 11.7. The summed E-state index contributed by atoms with van der Waals surface area (Å²) in [6.45, 7) is 6.41. The van der Waals surface area contributed by atoms with Gasteiger partial charge in [0, 0.05) is 6.21 Å². The van der Waals surface area contributed by atoms with Crippen LogP contribution in [0, 0.1) is 0 Å². The van der Waals surface area contributed by atoms with Gasteiger partial charge in [0.05, 0.1) is 0 Å². The molecule has 106 valence electrons. The normalized spacial score (nSPS) is 12.9. The van der Waals surface area contributed by atoms with Crippen molar-refractivity contribution in [3.8, 4) is 0 Å². The molecule has 0 atom stereocenters. The minimum atomic E-state index is -3.57. The van der Waals surface area contributed by atoms with Crippen molar-refractivity contribution in [2.75, 3.05) is 0 Å². The average molecular weight is 307 g/mol. The summed E-state index contributed by atoms with van der Waals surface area (Å²) in [7, 11) is -3.57. The van der Waals surface area contributed by atoms with Crippen molar-refractivity contribution in [3.63, 3.8) is 0 Å². The Hall–Kier alpha value is -1.46. The highest BCUT2D eigenvalue weighted by atomic mass is 32.2. The van der Waals surface area contributed by atoms with E-state index in [9.17, 15) is 8.42 Å². The zero-order chi connectivity index (χ0) is 14.8. The lowest BCUT2D eigenvalue weighted by Gasteiger charge is -2.18. The molecule has 2 rings (SSSR count). The molecule has 0 unspecified atom stereocenters. The fourth-order valence-corrected chi connectivity index (χ4v) is 3.51. The largest absolute Gasteiger partial charge is 0.291 e. The SMILES string of the molecule is CC(C)(C)c1ccc(/C=N\S(=O)(=O)c2cccs2)cc1. The number of thiophene rings is 1. The first kappa shape index (κ1) is 14.9. The minimum Gasteiger partial charge on any atom is -0.198 e. The molecule has 0 radical (unpaired) electrons. The predicted octanol–water partition coefficient (Wildman–Crippen LogP) is 3.85. The van der Waals surface area contributed by atoms with E-state index in [2.05, 4.69) is 25.2 Å². The van der Waals surface area contributed by atoms with Gasteiger partial charge in [-0.05, 0) is 28.0 Å². The Morgan fingerprint density at radius 3 is 2.25 bits per heavy atom. The van der Waals surface area contributed by atoms with E-state index in [1.165, 1.54) is 23.1 Å². The standard InChI is InChI=1S/C15H17NO2S2/c1-15(2,3)13-8-6-12(7-9-13)11-16-20(17,18)14-5-4-10-19-14/h4-11H,1-3H3/b16-11-. The molecular weight excluding hydrogens is 290 g/mol. The quantitative estimate of drug-likeness (QED) is 0.808. The Bertz CT molecular complexity index is 691. The van der Waals surface area contributed by atoms with Gasteiger partial charge in [-0.3, -0.25) is 0 Å². The van der Waals surface area contributed by atoms with E-state index in [-0.39, 0.29) is 9.62 Å². The van der Waals surface area contributed by atoms with E-state index in [1.807, 2.05) is 24.3 Å². The second-order valence-corrected chi connectivity index (χ2v) is 8.32. The van der Waals surface area contributed by atoms with E-state index in [0.29, 0.717) is 0 Å². The van der Waals surface area contributed by atoms with Gasteiger partial charge in [0.25, 0.3) is 10.0 Å². The van der Waals surface area contributed by atoms with Gasteiger partial charge in [-0.15, -0.1) is 11.3 Å². The summed E-state index contributed by atoms with van der Waals surface area (Å²) in [5.74, 6) is 0. The second-order valence-electron chi connectivity index (χ2n) is 5.51. The van der Waals surface area contributed by atoms with Crippen LogP contribution in [0.3, 0.4) is 0 Å². The van der Waals surface area contributed by atoms with Crippen molar-refractivity contribution in [3.05, 3.63) is 52.9 Å². The fourth-order valence-electron chi connectivity index (χ4n) is 1.66. The molecule has 3 nitrogen and oxygen atoms in total. The second kappa shape index (κ2) is 5.50. The number of sulfonamides is 1. The smallest absolute Gasteiger partial charge is 0.198 e. The first-order valence-electron chi connectivity index (χ1n) is 6.23. The highest BCUT2D eigenvalue weighted by molar-refractivity contribution is 7.92. The third kappa shape index (κ3) is 3.55. The molecule has 1 aromatic carbocycles. The van der Waals surface area contributed by atoms with Crippen LogP contribution in [0.25, 0.3) is 0 Å². The van der Waals surface area contributed by atoms with Crippen LogP contribution >= 0.6 is 11.3 Å². The van der Waals surface area contributed by atoms with Crippen LogP contribution in [-0.2, 0) is 15.4 Å². The minimum absolute atomic E-state index is 0.0821. The van der Waals surface area contributed by atoms with E-state index in [4.69, 9.17) is 0 Å². The molecule has 0 saturated heterocycles. The van der Waals surface area contributed by atoms with Crippen molar-refractivity contribution in [2.45, 2.75) is 30.4 Å². The zero-order valence-corrected chi connectivity index (χ0v) is 13.3. The van der Waals surface area contributed by atoms with Crippen LogP contribution in [0.4, 0.5) is 0 Å². The lowest BCUT2D eigenvalue weighted by Crippen LogP contribution is -2.10. The summed E-state index contributed by atoms with van der Waals surface area (Å²) >= 11 is 1.17. The van der Waals surface area contributed by atoms with Crippen molar-refractivity contribution in [2.24, 2.45) is 4.40 Å². The van der Waals surface area contributed by atoms with E-state index >= 15 is 0 Å².